The lowest BCUT2D eigenvalue weighted by atomic mass is 10.0. The number of esters is 1. The lowest BCUT2D eigenvalue weighted by Gasteiger charge is -2.16. The molecule has 1 N–H and O–H groups in total. The lowest BCUT2D eigenvalue weighted by Crippen LogP contribution is -2.32. The fourth-order valence-corrected chi connectivity index (χ4v) is 3.44. The fraction of sp³-hybridized carbons (Fsp3) is 0.333. The molecule has 2 aromatic rings. The van der Waals surface area contributed by atoms with E-state index in [1.807, 2.05) is 39.0 Å². The van der Waals surface area contributed by atoms with Crippen LogP contribution in [-0.2, 0) is 14.3 Å². The lowest BCUT2D eigenvalue weighted by molar-refractivity contribution is -0.148. The number of rotatable bonds is 8. The van der Waals surface area contributed by atoms with E-state index in [1.54, 1.807) is 24.3 Å². The standard InChI is InChI=1S/C24H26N2O5/c1-15-10-11-18(13-16(15)2)17(3)25-21(27)14-31-22(28)9-6-12-26-23(29)19-7-4-5-8-20(19)24(26)30/h4-5,7-8,10-11,13,17H,6,9,12,14H2,1-3H3,(H,25,27)/t17-/m0/s1. The number of benzene rings is 2. The van der Waals surface area contributed by atoms with Crippen molar-refractivity contribution in [2.75, 3.05) is 13.2 Å². The number of nitrogens with one attached hydrogen (secondary N) is 1. The van der Waals surface area contributed by atoms with Crippen molar-refractivity contribution in [3.8, 4) is 0 Å². The van der Waals surface area contributed by atoms with Gasteiger partial charge >= 0.3 is 5.97 Å². The molecule has 1 atom stereocenters. The highest BCUT2D eigenvalue weighted by Gasteiger charge is 2.34. The Bertz CT molecular complexity index is 995. The third-order valence-electron chi connectivity index (χ3n) is 5.41. The van der Waals surface area contributed by atoms with Crippen molar-refractivity contribution in [3.63, 3.8) is 0 Å². The van der Waals surface area contributed by atoms with Gasteiger partial charge in [-0.3, -0.25) is 24.1 Å². The normalized spacial score (nSPS) is 13.7. The van der Waals surface area contributed by atoms with Crippen molar-refractivity contribution in [1.82, 2.24) is 10.2 Å². The average Bonchev–Trinajstić information content (AvgIpc) is 2.99. The summed E-state index contributed by atoms with van der Waals surface area (Å²) >= 11 is 0. The van der Waals surface area contributed by atoms with E-state index in [-0.39, 0.29) is 49.8 Å². The number of carbonyl (C=O) groups excluding carboxylic acids is 4. The monoisotopic (exact) mass is 422 g/mol. The van der Waals surface area contributed by atoms with Crippen LogP contribution in [0.25, 0.3) is 0 Å². The molecule has 0 radical (unpaired) electrons. The Morgan fingerprint density at radius 2 is 1.65 bits per heavy atom. The van der Waals surface area contributed by atoms with Crippen molar-refractivity contribution in [2.24, 2.45) is 0 Å². The molecule has 0 saturated heterocycles. The zero-order valence-corrected chi connectivity index (χ0v) is 17.9. The Hall–Kier alpha value is -3.48. The van der Waals surface area contributed by atoms with Gasteiger partial charge in [-0.1, -0.05) is 30.3 Å². The maximum Gasteiger partial charge on any atom is 0.306 e. The van der Waals surface area contributed by atoms with E-state index in [9.17, 15) is 19.2 Å². The highest BCUT2D eigenvalue weighted by atomic mass is 16.5. The van der Waals surface area contributed by atoms with E-state index in [0.717, 1.165) is 16.0 Å². The first-order chi connectivity index (χ1) is 14.8. The molecule has 0 saturated carbocycles. The Kier molecular flexibility index (Phi) is 6.84. The first-order valence-electron chi connectivity index (χ1n) is 10.2. The minimum atomic E-state index is -0.550. The first-order valence-corrected chi connectivity index (χ1v) is 10.2. The molecule has 1 heterocycles. The largest absolute Gasteiger partial charge is 0.456 e. The number of carbonyl (C=O) groups is 4. The summed E-state index contributed by atoms with van der Waals surface area (Å²) in [6, 6.07) is 12.4. The molecule has 0 aromatic heterocycles. The molecular weight excluding hydrogens is 396 g/mol. The van der Waals surface area contributed by atoms with E-state index < -0.39 is 5.97 Å². The molecule has 7 nitrogen and oxygen atoms in total. The smallest absolute Gasteiger partial charge is 0.306 e. The minimum absolute atomic E-state index is 0.00734. The molecule has 1 aliphatic heterocycles. The van der Waals surface area contributed by atoms with Gasteiger partial charge in [0.05, 0.1) is 17.2 Å². The number of hydrogen-bond acceptors (Lipinski definition) is 5. The summed E-state index contributed by atoms with van der Waals surface area (Å²) in [7, 11) is 0. The quantitative estimate of drug-likeness (QED) is 0.521. The predicted molar refractivity (Wildman–Crippen MR) is 114 cm³/mol. The van der Waals surface area contributed by atoms with Crippen LogP contribution in [0.3, 0.4) is 0 Å². The second kappa shape index (κ2) is 9.55. The van der Waals surface area contributed by atoms with E-state index in [0.29, 0.717) is 11.1 Å². The van der Waals surface area contributed by atoms with Gasteiger partial charge in [0.25, 0.3) is 17.7 Å². The minimum Gasteiger partial charge on any atom is -0.456 e. The van der Waals surface area contributed by atoms with Crippen LogP contribution in [0.2, 0.25) is 0 Å². The molecule has 162 valence electrons. The third kappa shape index (κ3) is 5.17. The predicted octanol–water partition coefficient (Wildman–Crippen LogP) is 3.10. The molecule has 0 fully saturated rings. The van der Waals surface area contributed by atoms with Gasteiger partial charge in [0.2, 0.25) is 0 Å². The Morgan fingerprint density at radius 1 is 1.00 bits per heavy atom. The molecule has 31 heavy (non-hydrogen) atoms. The van der Waals surface area contributed by atoms with Gasteiger partial charge in [-0.2, -0.15) is 0 Å². The van der Waals surface area contributed by atoms with Crippen LogP contribution in [0, 0.1) is 13.8 Å². The third-order valence-corrected chi connectivity index (χ3v) is 5.41. The molecule has 3 rings (SSSR count). The number of aryl methyl sites for hydroxylation is 2. The Balaban J connectivity index is 1.39. The molecule has 0 bridgehead atoms. The summed E-state index contributed by atoms with van der Waals surface area (Å²) < 4.78 is 5.02. The van der Waals surface area contributed by atoms with Crippen LogP contribution in [-0.4, -0.2) is 41.7 Å². The number of imide groups is 1. The Morgan fingerprint density at radius 3 is 2.26 bits per heavy atom. The molecule has 0 aliphatic carbocycles. The fourth-order valence-electron chi connectivity index (χ4n) is 3.44. The summed E-state index contributed by atoms with van der Waals surface area (Å²) in [5.41, 5.74) is 4.05. The second-order valence-electron chi connectivity index (χ2n) is 7.70. The zero-order valence-electron chi connectivity index (χ0n) is 17.9. The van der Waals surface area contributed by atoms with Gasteiger partial charge in [0, 0.05) is 13.0 Å². The molecular formula is C24H26N2O5. The van der Waals surface area contributed by atoms with E-state index >= 15 is 0 Å². The highest BCUT2D eigenvalue weighted by molar-refractivity contribution is 6.21. The van der Waals surface area contributed by atoms with Crippen molar-refractivity contribution >= 4 is 23.7 Å². The first kappa shape index (κ1) is 22.2. The molecule has 0 spiro atoms. The van der Waals surface area contributed by atoms with Gasteiger partial charge in [0.15, 0.2) is 6.61 Å². The van der Waals surface area contributed by atoms with E-state index in [4.69, 9.17) is 4.74 Å². The number of amides is 3. The SMILES string of the molecule is Cc1ccc([C@H](C)NC(=O)COC(=O)CCCN2C(=O)c3ccccc3C2=O)cc1C. The van der Waals surface area contributed by atoms with E-state index in [1.165, 1.54) is 5.56 Å². The van der Waals surface area contributed by atoms with Crippen LogP contribution < -0.4 is 5.32 Å². The molecule has 3 amide bonds. The maximum absolute atomic E-state index is 12.3. The summed E-state index contributed by atoms with van der Waals surface area (Å²) in [4.78, 5) is 49.8. The highest BCUT2D eigenvalue weighted by Crippen LogP contribution is 2.22. The van der Waals surface area contributed by atoms with Crippen LogP contribution in [0.15, 0.2) is 42.5 Å². The van der Waals surface area contributed by atoms with Gasteiger partial charge in [-0.15, -0.1) is 0 Å². The molecule has 0 unspecified atom stereocenters. The van der Waals surface area contributed by atoms with Crippen LogP contribution in [0.5, 0.6) is 0 Å². The average molecular weight is 422 g/mol. The van der Waals surface area contributed by atoms with Gasteiger partial charge in [-0.05, 0) is 56.0 Å². The van der Waals surface area contributed by atoms with Crippen LogP contribution in [0.4, 0.5) is 0 Å². The van der Waals surface area contributed by atoms with Crippen LogP contribution >= 0.6 is 0 Å². The maximum atomic E-state index is 12.3. The summed E-state index contributed by atoms with van der Waals surface area (Å²) in [6.45, 7) is 5.65. The van der Waals surface area contributed by atoms with Crippen molar-refractivity contribution in [1.29, 1.82) is 0 Å². The van der Waals surface area contributed by atoms with Crippen molar-refractivity contribution in [2.45, 2.75) is 39.7 Å². The molecule has 7 heteroatoms. The van der Waals surface area contributed by atoms with Gasteiger partial charge < -0.3 is 10.1 Å². The summed E-state index contributed by atoms with van der Waals surface area (Å²) in [5.74, 6) is -1.65. The summed E-state index contributed by atoms with van der Waals surface area (Å²) in [5, 5.41) is 2.81. The zero-order chi connectivity index (χ0) is 22.5. The summed E-state index contributed by atoms with van der Waals surface area (Å²) in [6.07, 6.45) is 0.276. The Labute approximate surface area is 181 Å². The number of hydrogen-bond donors (Lipinski definition) is 1. The number of fused-ring (bicyclic) bond motifs is 1. The van der Waals surface area contributed by atoms with Crippen molar-refractivity contribution in [3.05, 3.63) is 70.3 Å². The van der Waals surface area contributed by atoms with Gasteiger partial charge in [-0.25, -0.2) is 0 Å². The molecule has 1 aliphatic rings. The second-order valence-corrected chi connectivity index (χ2v) is 7.70. The van der Waals surface area contributed by atoms with E-state index in [2.05, 4.69) is 5.32 Å². The van der Waals surface area contributed by atoms with Gasteiger partial charge in [0.1, 0.15) is 0 Å². The molecule has 2 aromatic carbocycles. The topological polar surface area (TPSA) is 92.8 Å². The number of ether oxygens (including phenoxy) is 1. The number of nitrogens with zero attached hydrogens (tertiary/aromatic N) is 1. The van der Waals surface area contributed by atoms with Crippen molar-refractivity contribution < 1.29 is 23.9 Å². The van der Waals surface area contributed by atoms with Crippen LogP contribution in [0.1, 0.15) is 63.2 Å².